The van der Waals surface area contributed by atoms with E-state index >= 15 is 0 Å². The fourth-order valence-corrected chi connectivity index (χ4v) is 3.51. The molecule has 1 aliphatic carbocycles. The van der Waals surface area contributed by atoms with Gasteiger partial charge in [0.25, 0.3) is 0 Å². The van der Waals surface area contributed by atoms with Crippen molar-refractivity contribution >= 4 is 0 Å². The Balaban J connectivity index is 1.92. The van der Waals surface area contributed by atoms with Crippen molar-refractivity contribution in [3.05, 3.63) is 34.6 Å². The van der Waals surface area contributed by atoms with Crippen LogP contribution in [0.25, 0.3) is 0 Å². The number of hydrogen-bond donors (Lipinski definition) is 1. The Labute approximate surface area is 108 Å². The van der Waals surface area contributed by atoms with Gasteiger partial charge in [-0.3, -0.25) is 4.90 Å². The third-order valence-electron chi connectivity index (χ3n) is 4.54. The number of fused-ring (bicyclic) bond motifs is 1. The number of aryl methyl sites for hydroxylation is 2. The maximum Gasteiger partial charge on any atom is 0.128 e. The van der Waals surface area contributed by atoms with Crippen LogP contribution in [0.15, 0.2) is 12.1 Å². The second kappa shape index (κ2) is 4.63. The fraction of sp³-hybridized carbons (Fsp3) is 0.600. The molecule has 1 saturated heterocycles. The average molecular weight is 248 g/mol. The predicted octanol–water partition coefficient (Wildman–Crippen LogP) is 2.27. The Morgan fingerprint density at radius 2 is 2.06 bits per heavy atom. The van der Waals surface area contributed by atoms with Gasteiger partial charge in [0.05, 0.1) is 0 Å². The molecule has 3 heteroatoms. The molecule has 1 aliphatic heterocycles. The molecular weight excluding hydrogens is 227 g/mol. The average Bonchev–Trinajstić information content (AvgIpc) is 2.93. The van der Waals surface area contributed by atoms with Crippen LogP contribution in [0, 0.1) is 11.7 Å². The molecule has 0 aromatic heterocycles. The van der Waals surface area contributed by atoms with E-state index in [0.717, 1.165) is 31.4 Å². The lowest BCUT2D eigenvalue weighted by Crippen LogP contribution is -2.21. The monoisotopic (exact) mass is 248 g/mol. The highest BCUT2D eigenvalue weighted by Crippen LogP contribution is 2.37. The highest BCUT2D eigenvalue weighted by molar-refractivity contribution is 5.38. The van der Waals surface area contributed by atoms with Crippen molar-refractivity contribution in [2.75, 3.05) is 20.1 Å². The number of benzene rings is 1. The molecule has 1 aromatic carbocycles. The van der Waals surface area contributed by atoms with E-state index in [1.807, 2.05) is 0 Å². The van der Waals surface area contributed by atoms with Crippen LogP contribution in [0.5, 0.6) is 0 Å². The Morgan fingerprint density at radius 1 is 1.33 bits per heavy atom. The van der Waals surface area contributed by atoms with Crippen LogP contribution < -0.4 is 5.73 Å². The highest BCUT2D eigenvalue weighted by Gasteiger charge is 2.32. The predicted molar refractivity (Wildman–Crippen MR) is 71.0 cm³/mol. The minimum Gasteiger partial charge on any atom is -0.330 e. The fourth-order valence-electron chi connectivity index (χ4n) is 3.51. The molecule has 2 unspecified atom stereocenters. The molecule has 3 rings (SSSR count). The summed E-state index contributed by atoms with van der Waals surface area (Å²) in [5.41, 5.74) is 9.20. The van der Waals surface area contributed by atoms with Crippen LogP contribution in [0.1, 0.15) is 35.6 Å². The summed E-state index contributed by atoms with van der Waals surface area (Å²) in [6.07, 6.45) is 4.31. The first-order valence-corrected chi connectivity index (χ1v) is 6.90. The molecule has 98 valence electrons. The quantitative estimate of drug-likeness (QED) is 0.870. The van der Waals surface area contributed by atoms with Crippen molar-refractivity contribution in [2.45, 2.75) is 31.7 Å². The third-order valence-corrected chi connectivity index (χ3v) is 4.54. The molecule has 0 saturated carbocycles. The van der Waals surface area contributed by atoms with E-state index in [9.17, 15) is 4.39 Å². The summed E-state index contributed by atoms with van der Waals surface area (Å²) >= 11 is 0. The summed E-state index contributed by atoms with van der Waals surface area (Å²) in [5.74, 6) is 0.484. The van der Waals surface area contributed by atoms with Crippen LogP contribution in [0.2, 0.25) is 0 Å². The van der Waals surface area contributed by atoms with Gasteiger partial charge in [0.15, 0.2) is 0 Å². The van der Waals surface area contributed by atoms with Gasteiger partial charge in [0.2, 0.25) is 0 Å². The summed E-state index contributed by atoms with van der Waals surface area (Å²) in [6.45, 7) is 1.69. The third kappa shape index (κ3) is 1.95. The van der Waals surface area contributed by atoms with Gasteiger partial charge < -0.3 is 5.73 Å². The number of nitrogens with zero attached hydrogens (tertiary/aromatic N) is 1. The Hall–Kier alpha value is -0.930. The highest BCUT2D eigenvalue weighted by atomic mass is 19.1. The van der Waals surface area contributed by atoms with Crippen molar-refractivity contribution in [3.8, 4) is 0 Å². The van der Waals surface area contributed by atoms with Crippen molar-refractivity contribution in [1.82, 2.24) is 4.90 Å². The van der Waals surface area contributed by atoms with Crippen molar-refractivity contribution < 1.29 is 4.39 Å². The SMILES string of the molecule is CN1CC(CN)CC1c1cc2c(cc1F)CCC2. The maximum absolute atomic E-state index is 14.2. The van der Waals surface area contributed by atoms with Gasteiger partial charge in [0, 0.05) is 18.2 Å². The molecule has 0 bridgehead atoms. The van der Waals surface area contributed by atoms with Gasteiger partial charge in [-0.25, -0.2) is 4.39 Å². The van der Waals surface area contributed by atoms with Gasteiger partial charge in [-0.1, -0.05) is 6.07 Å². The van der Waals surface area contributed by atoms with Gasteiger partial charge in [0.1, 0.15) is 5.82 Å². The van der Waals surface area contributed by atoms with E-state index in [1.54, 1.807) is 6.07 Å². The Kier molecular flexibility index (Phi) is 3.12. The first kappa shape index (κ1) is 12.1. The van der Waals surface area contributed by atoms with E-state index in [0.29, 0.717) is 12.5 Å². The van der Waals surface area contributed by atoms with Crippen LogP contribution in [0.3, 0.4) is 0 Å². The summed E-state index contributed by atoms with van der Waals surface area (Å²) in [5, 5.41) is 0. The zero-order chi connectivity index (χ0) is 12.7. The normalized spacial score (nSPS) is 27.7. The molecule has 2 aliphatic rings. The zero-order valence-corrected chi connectivity index (χ0v) is 11.0. The molecule has 1 heterocycles. The molecule has 0 spiro atoms. The van der Waals surface area contributed by atoms with E-state index in [2.05, 4.69) is 18.0 Å². The van der Waals surface area contributed by atoms with Gasteiger partial charge in [-0.15, -0.1) is 0 Å². The summed E-state index contributed by atoms with van der Waals surface area (Å²) in [6, 6.07) is 4.09. The van der Waals surface area contributed by atoms with E-state index in [1.165, 1.54) is 17.5 Å². The lowest BCUT2D eigenvalue weighted by molar-refractivity contribution is 0.306. The lowest BCUT2D eigenvalue weighted by Gasteiger charge is -2.21. The Bertz CT molecular complexity index is 458. The van der Waals surface area contributed by atoms with Crippen molar-refractivity contribution in [3.63, 3.8) is 0 Å². The number of nitrogens with two attached hydrogens (primary N) is 1. The maximum atomic E-state index is 14.2. The number of halogens is 1. The summed E-state index contributed by atoms with van der Waals surface area (Å²) in [4.78, 5) is 2.25. The van der Waals surface area contributed by atoms with Crippen LogP contribution in [0.4, 0.5) is 4.39 Å². The van der Waals surface area contributed by atoms with Crippen LogP contribution >= 0.6 is 0 Å². The van der Waals surface area contributed by atoms with Gasteiger partial charge >= 0.3 is 0 Å². The van der Waals surface area contributed by atoms with Crippen LogP contribution in [-0.2, 0) is 12.8 Å². The van der Waals surface area contributed by atoms with E-state index in [-0.39, 0.29) is 11.9 Å². The zero-order valence-electron chi connectivity index (χ0n) is 11.0. The van der Waals surface area contributed by atoms with Crippen molar-refractivity contribution in [2.24, 2.45) is 11.7 Å². The van der Waals surface area contributed by atoms with E-state index in [4.69, 9.17) is 5.73 Å². The first-order valence-electron chi connectivity index (χ1n) is 6.90. The van der Waals surface area contributed by atoms with Gasteiger partial charge in [-0.2, -0.15) is 0 Å². The molecule has 2 N–H and O–H groups in total. The second-order valence-electron chi connectivity index (χ2n) is 5.79. The summed E-state index contributed by atoms with van der Waals surface area (Å²) in [7, 11) is 2.08. The molecular formula is C15H21FN2. The van der Waals surface area contributed by atoms with Crippen LogP contribution in [-0.4, -0.2) is 25.0 Å². The molecule has 2 atom stereocenters. The topological polar surface area (TPSA) is 29.3 Å². The lowest BCUT2D eigenvalue weighted by atomic mass is 9.96. The molecule has 18 heavy (non-hydrogen) atoms. The van der Waals surface area contributed by atoms with E-state index < -0.39 is 0 Å². The molecule has 1 aromatic rings. The molecule has 1 fully saturated rings. The standard InChI is InChI=1S/C15H21FN2/c1-18-9-10(8-17)5-15(18)13-6-11-3-2-4-12(11)7-14(13)16/h6-7,10,15H,2-5,8-9,17H2,1H3. The number of likely N-dealkylation sites (tertiary alicyclic amines) is 1. The largest absolute Gasteiger partial charge is 0.330 e. The van der Waals surface area contributed by atoms with Crippen molar-refractivity contribution in [1.29, 1.82) is 0 Å². The molecule has 2 nitrogen and oxygen atoms in total. The molecule has 0 amide bonds. The molecule has 0 radical (unpaired) electrons. The number of rotatable bonds is 2. The first-order chi connectivity index (χ1) is 8.69. The number of hydrogen-bond acceptors (Lipinski definition) is 2. The summed E-state index contributed by atoms with van der Waals surface area (Å²) < 4.78 is 14.2. The van der Waals surface area contributed by atoms with Gasteiger partial charge in [-0.05, 0) is 62.4 Å². The smallest absolute Gasteiger partial charge is 0.128 e. The second-order valence-corrected chi connectivity index (χ2v) is 5.79. The minimum absolute atomic E-state index is 0.0230. The Morgan fingerprint density at radius 3 is 2.72 bits per heavy atom. The minimum atomic E-state index is -0.0230.